The molecule has 2 fully saturated rings. The van der Waals surface area contributed by atoms with Gasteiger partial charge in [0, 0.05) is 19.3 Å². The quantitative estimate of drug-likeness (QED) is 0.739. The minimum Gasteiger partial charge on any atom is -0.381 e. The molecular weight excluding hydrogens is 258 g/mol. The van der Waals surface area contributed by atoms with Gasteiger partial charge in [-0.1, -0.05) is 40.0 Å². The summed E-state index contributed by atoms with van der Waals surface area (Å²) in [5.41, 5.74) is 0. The topological polar surface area (TPSA) is 21.3 Å². The van der Waals surface area contributed by atoms with Gasteiger partial charge in [-0.15, -0.1) is 0 Å². The van der Waals surface area contributed by atoms with Crippen molar-refractivity contribution in [3.8, 4) is 0 Å². The van der Waals surface area contributed by atoms with E-state index in [9.17, 15) is 0 Å². The maximum atomic E-state index is 5.54. The van der Waals surface area contributed by atoms with Gasteiger partial charge in [-0.25, -0.2) is 0 Å². The summed E-state index contributed by atoms with van der Waals surface area (Å²) in [6.07, 6.45) is 11.3. The Labute approximate surface area is 132 Å². The first-order valence-electron chi connectivity index (χ1n) is 9.50. The van der Waals surface area contributed by atoms with Gasteiger partial charge in [0.15, 0.2) is 0 Å². The summed E-state index contributed by atoms with van der Waals surface area (Å²) in [5, 5.41) is 3.70. The number of ether oxygens (including phenoxy) is 1. The van der Waals surface area contributed by atoms with Gasteiger partial charge < -0.3 is 10.1 Å². The van der Waals surface area contributed by atoms with Crippen LogP contribution in [0.25, 0.3) is 0 Å². The molecule has 0 aromatic heterocycles. The average Bonchev–Trinajstić information content (AvgIpc) is 2.48. The summed E-state index contributed by atoms with van der Waals surface area (Å²) in [6, 6.07) is 0.627. The van der Waals surface area contributed by atoms with Crippen LogP contribution in [-0.4, -0.2) is 25.8 Å². The molecular formula is C19H37NO. The SMILES string of the molecule is CCCC1CCC(CNC(C)C)C(CC2CCOCC2)C1. The maximum Gasteiger partial charge on any atom is 0.0468 e. The first-order chi connectivity index (χ1) is 10.2. The highest BCUT2D eigenvalue weighted by molar-refractivity contribution is 4.84. The molecule has 0 aromatic rings. The number of hydrogen-bond acceptors (Lipinski definition) is 2. The zero-order chi connectivity index (χ0) is 15.1. The third-order valence-corrected chi connectivity index (χ3v) is 5.71. The Morgan fingerprint density at radius 3 is 2.43 bits per heavy atom. The van der Waals surface area contributed by atoms with Crippen molar-refractivity contribution in [2.24, 2.45) is 23.7 Å². The molecule has 124 valence electrons. The van der Waals surface area contributed by atoms with Crippen molar-refractivity contribution in [1.82, 2.24) is 5.32 Å². The Morgan fingerprint density at radius 2 is 1.76 bits per heavy atom. The minimum atomic E-state index is 0.627. The highest BCUT2D eigenvalue weighted by Gasteiger charge is 2.32. The molecule has 2 heteroatoms. The van der Waals surface area contributed by atoms with Crippen LogP contribution in [0.4, 0.5) is 0 Å². The Hall–Kier alpha value is -0.0800. The summed E-state index contributed by atoms with van der Waals surface area (Å²) in [6.45, 7) is 10.1. The van der Waals surface area contributed by atoms with E-state index in [1.165, 1.54) is 57.9 Å². The van der Waals surface area contributed by atoms with Crippen LogP contribution < -0.4 is 5.32 Å². The van der Waals surface area contributed by atoms with E-state index < -0.39 is 0 Å². The van der Waals surface area contributed by atoms with Crippen molar-refractivity contribution < 1.29 is 4.74 Å². The van der Waals surface area contributed by atoms with E-state index >= 15 is 0 Å². The van der Waals surface area contributed by atoms with E-state index in [0.717, 1.165) is 36.9 Å². The van der Waals surface area contributed by atoms with E-state index in [-0.39, 0.29) is 0 Å². The van der Waals surface area contributed by atoms with Crippen LogP contribution in [0, 0.1) is 23.7 Å². The van der Waals surface area contributed by atoms with Gasteiger partial charge in [-0.05, 0) is 62.3 Å². The van der Waals surface area contributed by atoms with Gasteiger partial charge >= 0.3 is 0 Å². The van der Waals surface area contributed by atoms with Crippen molar-refractivity contribution in [3.63, 3.8) is 0 Å². The number of nitrogens with one attached hydrogen (secondary N) is 1. The van der Waals surface area contributed by atoms with Crippen LogP contribution in [0.1, 0.15) is 72.1 Å². The van der Waals surface area contributed by atoms with Crippen molar-refractivity contribution in [2.45, 2.75) is 78.2 Å². The maximum absolute atomic E-state index is 5.54. The fourth-order valence-electron chi connectivity index (χ4n) is 4.45. The molecule has 1 aliphatic carbocycles. The monoisotopic (exact) mass is 295 g/mol. The predicted molar refractivity (Wildman–Crippen MR) is 90.5 cm³/mol. The fraction of sp³-hybridized carbons (Fsp3) is 1.00. The summed E-state index contributed by atoms with van der Waals surface area (Å²) < 4.78 is 5.54. The van der Waals surface area contributed by atoms with Gasteiger partial charge in [-0.3, -0.25) is 0 Å². The number of hydrogen-bond donors (Lipinski definition) is 1. The van der Waals surface area contributed by atoms with E-state index in [1.807, 2.05) is 0 Å². The molecule has 0 radical (unpaired) electrons. The lowest BCUT2D eigenvalue weighted by Crippen LogP contribution is -2.37. The van der Waals surface area contributed by atoms with Crippen molar-refractivity contribution in [1.29, 1.82) is 0 Å². The molecule has 0 spiro atoms. The summed E-state index contributed by atoms with van der Waals surface area (Å²) in [4.78, 5) is 0. The van der Waals surface area contributed by atoms with E-state index in [2.05, 4.69) is 26.1 Å². The summed E-state index contributed by atoms with van der Waals surface area (Å²) in [5.74, 6) is 3.83. The van der Waals surface area contributed by atoms with Crippen LogP contribution in [0.5, 0.6) is 0 Å². The second-order valence-electron chi connectivity index (χ2n) is 7.84. The molecule has 0 amide bonds. The third-order valence-electron chi connectivity index (χ3n) is 5.71. The van der Waals surface area contributed by atoms with Gasteiger partial charge in [0.1, 0.15) is 0 Å². The molecule has 0 bridgehead atoms. The van der Waals surface area contributed by atoms with E-state index in [4.69, 9.17) is 4.74 Å². The second kappa shape index (κ2) is 9.15. The minimum absolute atomic E-state index is 0.627. The zero-order valence-corrected chi connectivity index (χ0v) is 14.6. The fourth-order valence-corrected chi connectivity index (χ4v) is 4.45. The van der Waals surface area contributed by atoms with Crippen LogP contribution in [0.2, 0.25) is 0 Å². The molecule has 2 aliphatic rings. The highest BCUT2D eigenvalue weighted by atomic mass is 16.5. The molecule has 1 heterocycles. The molecule has 3 unspecified atom stereocenters. The predicted octanol–water partition coefficient (Wildman–Crippen LogP) is 4.63. The molecule has 1 N–H and O–H groups in total. The Balaban J connectivity index is 1.87. The molecule has 1 saturated carbocycles. The Morgan fingerprint density at radius 1 is 1.00 bits per heavy atom. The van der Waals surface area contributed by atoms with Crippen LogP contribution in [0.15, 0.2) is 0 Å². The van der Waals surface area contributed by atoms with Gasteiger partial charge in [0.2, 0.25) is 0 Å². The normalized spacial score (nSPS) is 31.7. The number of rotatable bonds is 7. The molecule has 2 rings (SSSR count). The zero-order valence-electron chi connectivity index (χ0n) is 14.6. The van der Waals surface area contributed by atoms with Gasteiger partial charge in [0.25, 0.3) is 0 Å². The first kappa shape index (κ1) is 17.3. The van der Waals surface area contributed by atoms with E-state index in [1.54, 1.807) is 0 Å². The van der Waals surface area contributed by atoms with Gasteiger partial charge in [0.05, 0.1) is 0 Å². The van der Waals surface area contributed by atoms with Crippen LogP contribution >= 0.6 is 0 Å². The lowest BCUT2D eigenvalue weighted by molar-refractivity contribution is 0.0457. The highest BCUT2D eigenvalue weighted by Crippen LogP contribution is 2.40. The lowest BCUT2D eigenvalue weighted by Gasteiger charge is -2.39. The summed E-state index contributed by atoms with van der Waals surface area (Å²) in [7, 11) is 0. The van der Waals surface area contributed by atoms with Crippen molar-refractivity contribution in [3.05, 3.63) is 0 Å². The van der Waals surface area contributed by atoms with Crippen molar-refractivity contribution in [2.75, 3.05) is 19.8 Å². The summed E-state index contributed by atoms with van der Waals surface area (Å²) >= 11 is 0. The molecule has 1 aliphatic heterocycles. The van der Waals surface area contributed by atoms with Crippen LogP contribution in [0.3, 0.4) is 0 Å². The smallest absolute Gasteiger partial charge is 0.0468 e. The largest absolute Gasteiger partial charge is 0.381 e. The molecule has 21 heavy (non-hydrogen) atoms. The molecule has 3 atom stereocenters. The average molecular weight is 296 g/mol. The Kier molecular flexibility index (Phi) is 7.53. The van der Waals surface area contributed by atoms with E-state index in [0.29, 0.717) is 6.04 Å². The van der Waals surface area contributed by atoms with Crippen LogP contribution in [-0.2, 0) is 4.74 Å². The standard InChI is InChI=1S/C19H37NO/c1-4-5-16-6-7-18(14-20-15(2)3)19(12-16)13-17-8-10-21-11-9-17/h15-20H,4-14H2,1-3H3. The molecule has 0 aromatic carbocycles. The molecule has 2 nitrogen and oxygen atoms in total. The third kappa shape index (κ3) is 5.90. The molecule has 1 saturated heterocycles. The lowest BCUT2D eigenvalue weighted by atomic mass is 9.69. The Bertz CT molecular complexity index is 273. The second-order valence-corrected chi connectivity index (χ2v) is 7.84. The van der Waals surface area contributed by atoms with Crippen molar-refractivity contribution >= 4 is 0 Å². The first-order valence-corrected chi connectivity index (χ1v) is 9.50. The van der Waals surface area contributed by atoms with Gasteiger partial charge in [-0.2, -0.15) is 0 Å².